The predicted molar refractivity (Wildman–Crippen MR) is 31.2 cm³/mol. The van der Waals surface area contributed by atoms with Gasteiger partial charge in [-0.15, -0.1) is 0 Å². The Hall–Kier alpha value is -1.17. The number of hydrogen-bond acceptors (Lipinski definition) is 3. The molecule has 3 heteroatoms. The van der Waals surface area contributed by atoms with Crippen LogP contribution in [0.25, 0.3) is 0 Å². The van der Waals surface area contributed by atoms with E-state index in [2.05, 4.69) is 21.7 Å². The van der Waals surface area contributed by atoms with Crippen LogP contribution in [-0.2, 0) is 14.3 Å². The van der Waals surface area contributed by atoms with Crippen LogP contribution in [0.2, 0.25) is 0 Å². The molecular weight excluding hydrogens is 120 g/mol. The van der Waals surface area contributed by atoms with Gasteiger partial charge >= 0.3 is 5.97 Å². The van der Waals surface area contributed by atoms with Crippen LogP contribution >= 0.6 is 0 Å². The van der Waals surface area contributed by atoms with Crippen LogP contribution in [-0.4, -0.2) is 12.6 Å². The summed E-state index contributed by atoms with van der Waals surface area (Å²) in [4.78, 5) is 10.0. The molecule has 3 nitrogen and oxygen atoms in total. The lowest BCUT2D eigenvalue weighted by molar-refractivity contribution is -0.134. The minimum atomic E-state index is -0.429. The summed E-state index contributed by atoms with van der Waals surface area (Å²) in [6.07, 6.45) is 4.24. The molecule has 0 rings (SSSR count). The topological polar surface area (TPSA) is 35.5 Å². The smallest absolute Gasteiger partial charge is 0.316 e. The molecule has 0 spiro atoms. The van der Waals surface area contributed by atoms with Gasteiger partial charge in [0.1, 0.15) is 0 Å². The molecule has 50 valence electrons. The summed E-state index contributed by atoms with van der Waals surface area (Å²) in [7, 11) is 0. The molecule has 0 bridgehead atoms. The fraction of sp³-hybridized carbons (Fsp3) is 0.500. The van der Waals surface area contributed by atoms with Crippen LogP contribution in [0.3, 0.4) is 0 Å². The van der Waals surface area contributed by atoms with Gasteiger partial charge in [0.05, 0.1) is 6.61 Å². The highest BCUT2D eigenvalue weighted by Crippen LogP contribution is 1.71. The molecule has 0 N–H and O–H groups in total. The first-order chi connectivity index (χ1) is 4.27. The number of carbonyl (C=O) groups excluding carboxylic acids is 1. The Morgan fingerprint density at radius 3 is 2.67 bits per heavy atom. The summed E-state index contributed by atoms with van der Waals surface area (Å²) < 4.78 is 8.76. The molecule has 0 aromatic carbocycles. The Bertz CT molecular complexity index is 140. The molecule has 0 heterocycles. The second-order valence-electron chi connectivity index (χ2n) is 1.23. The van der Waals surface area contributed by atoms with Gasteiger partial charge < -0.3 is 9.47 Å². The van der Waals surface area contributed by atoms with E-state index in [0.717, 1.165) is 0 Å². The molecule has 0 saturated heterocycles. The zero-order chi connectivity index (χ0) is 7.11. The third-order valence-electron chi connectivity index (χ3n) is 0.453. The minimum Gasteiger partial charge on any atom is -0.445 e. The van der Waals surface area contributed by atoms with Gasteiger partial charge in [0.2, 0.25) is 0 Å². The molecule has 0 aromatic heterocycles. The van der Waals surface area contributed by atoms with Crippen molar-refractivity contribution in [3.63, 3.8) is 0 Å². The van der Waals surface area contributed by atoms with Gasteiger partial charge in [-0.05, 0) is 6.92 Å². The lowest BCUT2D eigenvalue weighted by atomic mass is 10.8. The Balaban J connectivity index is 3.26. The highest BCUT2D eigenvalue weighted by atomic mass is 16.5. The van der Waals surface area contributed by atoms with Crippen molar-refractivity contribution in [3.05, 3.63) is 0 Å². The third-order valence-corrected chi connectivity index (χ3v) is 0.453. The molecule has 0 radical (unpaired) electrons. The predicted octanol–water partition coefficient (Wildman–Crippen LogP) is 0.504. The highest BCUT2D eigenvalue weighted by molar-refractivity contribution is 5.67. The van der Waals surface area contributed by atoms with Crippen molar-refractivity contribution in [2.24, 2.45) is 0 Å². The monoisotopic (exact) mass is 128 g/mol. The van der Waals surface area contributed by atoms with E-state index >= 15 is 0 Å². The van der Waals surface area contributed by atoms with Gasteiger partial charge in [-0.1, -0.05) is 0 Å². The van der Waals surface area contributed by atoms with Crippen molar-refractivity contribution < 1.29 is 14.3 Å². The SMILES string of the molecule is CCOC#COC(C)=O. The van der Waals surface area contributed by atoms with Crippen LogP contribution in [0, 0.1) is 12.2 Å². The Labute approximate surface area is 54.0 Å². The fourth-order valence-corrected chi connectivity index (χ4v) is 0.194. The maximum absolute atomic E-state index is 10.0. The van der Waals surface area contributed by atoms with E-state index in [9.17, 15) is 4.79 Å². The molecule has 9 heavy (non-hydrogen) atoms. The average Bonchev–Trinajstić information content (AvgIpc) is 1.80. The Morgan fingerprint density at radius 1 is 1.56 bits per heavy atom. The largest absolute Gasteiger partial charge is 0.445 e. The van der Waals surface area contributed by atoms with Crippen molar-refractivity contribution in [1.29, 1.82) is 0 Å². The number of carbonyl (C=O) groups is 1. The Kier molecular flexibility index (Phi) is 4.33. The number of hydrogen-bond donors (Lipinski definition) is 0. The number of rotatable bonds is 1. The maximum Gasteiger partial charge on any atom is 0.316 e. The van der Waals surface area contributed by atoms with Crippen molar-refractivity contribution in [2.45, 2.75) is 13.8 Å². The summed E-state index contributed by atoms with van der Waals surface area (Å²) >= 11 is 0. The molecule has 0 saturated carbocycles. The second-order valence-corrected chi connectivity index (χ2v) is 1.23. The molecule has 0 aliphatic rings. The zero-order valence-electron chi connectivity index (χ0n) is 5.43. The molecule has 0 fully saturated rings. The lowest BCUT2D eigenvalue weighted by Crippen LogP contribution is -1.90. The van der Waals surface area contributed by atoms with E-state index in [1.165, 1.54) is 6.92 Å². The molecule has 0 aliphatic carbocycles. The third kappa shape index (κ3) is 6.83. The van der Waals surface area contributed by atoms with E-state index in [-0.39, 0.29) is 0 Å². The summed E-state index contributed by atoms with van der Waals surface area (Å²) in [5.41, 5.74) is 0. The van der Waals surface area contributed by atoms with E-state index < -0.39 is 5.97 Å². The molecule has 0 aliphatic heterocycles. The van der Waals surface area contributed by atoms with Gasteiger partial charge in [0.25, 0.3) is 0 Å². The van der Waals surface area contributed by atoms with E-state index in [0.29, 0.717) is 6.61 Å². The van der Waals surface area contributed by atoms with Crippen LogP contribution < -0.4 is 0 Å². The standard InChI is InChI=1S/C6H8O3/c1-3-8-4-5-9-6(2)7/h3H2,1-2H3. The first kappa shape index (κ1) is 7.83. The molecule has 0 amide bonds. The summed E-state index contributed by atoms with van der Waals surface area (Å²) in [5, 5.41) is 0. The fourth-order valence-electron chi connectivity index (χ4n) is 0.194. The normalized spacial score (nSPS) is 6.89. The first-order valence-electron chi connectivity index (χ1n) is 2.56. The maximum atomic E-state index is 10.0. The molecule has 0 atom stereocenters. The highest BCUT2D eigenvalue weighted by Gasteiger charge is 1.82. The summed E-state index contributed by atoms with van der Waals surface area (Å²) in [5.74, 6) is -0.429. The van der Waals surface area contributed by atoms with Crippen LogP contribution in [0.15, 0.2) is 0 Å². The van der Waals surface area contributed by atoms with Crippen molar-refractivity contribution in [3.8, 4) is 12.2 Å². The van der Waals surface area contributed by atoms with Crippen molar-refractivity contribution >= 4 is 5.97 Å². The van der Waals surface area contributed by atoms with Gasteiger partial charge in [0.15, 0.2) is 12.2 Å². The Morgan fingerprint density at radius 2 is 2.22 bits per heavy atom. The average molecular weight is 128 g/mol. The van der Waals surface area contributed by atoms with Crippen LogP contribution in [0.4, 0.5) is 0 Å². The van der Waals surface area contributed by atoms with E-state index in [1.54, 1.807) is 6.92 Å². The second kappa shape index (κ2) is 4.98. The van der Waals surface area contributed by atoms with Gasteiger partial charge in [-0.25, -0.2) is 0 Å². The number of esters is 1. The van der Waals surface area contributed by atoms with Crippen LogP contribution in [0.1, 0.15) is 13.8 Å². The van der Waals surface area contributed by atoms with Gasteiger partial charge in [-0.3, -0.25) is 4.79 Å². The van der Waals surface area contributed by atoms with Gasteiger partial charge in [-0.2, -0.15) is 0 Å². The summed E-state index contributed by atoms with van der Waals surface area (Å²) in [6.45, 7) is 3.57. The van der Waals surface area contributed by atoms with E-state index in [1.807, 2.05) is 0 Å². The zero-order valence-corrected chi connectivity index (χ0v) is 5.43. The molecule has 0 unspecified atom stereocenters. The first-order valence-corrected chi connectivity index (χ1v) is 2.56. The van der Waals surface area contributed by atoms with Crippen molar-refractivity contribution in [1.82, 2.24) is 0 Å². The van der Waals surface area contributed by atoms with Crippen molar-refractivity contribution in [2.75, 3.05) is 6.61 Å². The van der Waals surface area contributed by atoms with E-state index in [4.69, 9.17) is 0 Å². The molecule has 0 aromatic rings. The van der Waals surface area contributed by atoms with Gasteiger partial charge in [0, 0.05) is 6.92 Å². The van der Waals surface area contributed by atoms with Crippen LogP contribution in [0.5, 0.6) is 0 Å². The molecular formula is C6H8O3. The quantitative estimate of drug-likeness (QED) is 0.381. The lowest BCUT2D eigenvalue weighted by Gasteiger charge is -1.85. The number of ether oxygens (including phenoxy) is 2. The summed E-state index contributed by atoms with van der Waals surface area (Å²) in [6, 6.07) is 0. The minimum absolute atomic E-state index is 0.429.